The van der Waals surface area contributed by atoms with Crippen LogP contribution in [0.1, 0.15) is 12.0 Å². The van der Waals surface area contributed by atoms with Crippen LogP contribution in [0, 0.1) is 5.82 Å². The van der Waals surface area contributed by atoms with Crippen LogP contribution in [0.2, 0.25) is 0 Å². The highest BCUT2D eigenvalue weighted by molar-refractivity contribution is 6.15. The van der Waals surface area contributed by atoms with Gasteiger partial charge in [0.05, 0.1) is 12.1 Å². The first-order valence-corrected chi connectivity index (χ1v) is 4.28. The number of nitrogens with zero attached hydrogens (tertiary/aromatic N) is 1. The predicted molar refractivity (Wildman–Crippen MR) is 51.7 cm³/mol. The van der Waals surface area contributed by atoms with E-state index in [9.17, 15) is 9.18 Å². The van der Waals surface area contributed by atoms with E-state index in [4.69, 9.17) is 0 Å². The number of aliphatic imine (C=N–C) groups is 1. The SMILES string of the molecule is O=C1C=CN=C(c2cccc(F)c2)C1. The van der Waals surface area contributed by atoms with Gasteiger partial charge in [0.1, 0.15) is 5.82 Å². The molecule has 0 saturated heterocycles. The van der Waals surface area contributed by atoms with Crippen molar-refractivity contribution in [3.63, 3.8) is 0 Å². The zero-order valence-electron chi connectivity index (χ0n) is 7.40. The molecule has 1 aromatic carbocycles. The number of carbonyl (C=O) groups is 1. The third kappa shape index (κ3) is 1.76. The smallest absolute Gasteiger partial charge is 0.163 e. The van der Waals surface area contributed by atoms with Crippen molar-refractivity contribution in [3.05, 3.63) is 47.9 Å². The first-order valence-electron chi connectivity index (χ1n) is 4.28. The fraction of sp³-hybridized carbons (Fsp3) is 0.0909. The van der Waals surface area contributed by atoms with E-state index in [-0.39, 0.29) is 18.0 Å². The summed E-state index contributed by atoms with van der Waals surface area (Å²) >= 11 is 0. The summed E-state index contributed by atoms with van der Waals surface area (Å²) in [4.78, 5) is 15.1. The van der Waals surface area contributed by atoms with Crippen molar-refractivity contribution in [2.45, 2.75) is 6.42 Å². The van der Waals surface area contributed by atoms with E-state index in [1.807, 2.05) is 0 Å². The fourth-order valence-electron chi connectivity index (χ4n) is 1.32. The lowest BCUT2D eigenvalue weighted by Crippen LogP contribution is -2.10. The third-order valence-electron chi connectivity index (χ3n) is 1.99. The van der Waals surface area contributed by atoms with Crippen LogP contribution in [0.3, 0.4) is 0 Å². The van der Waals surface area contributed by atoms with E-state index in [2.05, 4.69) is 4.99 Å². The molecule has 0 fully saturated rings. The van der Waals surface area contributed by atoms with Crippen LogP contribution >= 0.6 is 0 Å². The summed E-state index contributed by atoms with van der Waals surface area (Å²) in [7, 11) is 0. The van der Waals surface area contributed by atoms with Gasteiger partial charge in [-0.15, -0.1) is 0 Å². The molecule has 0 amide bonds. The largest absolute Gasteiger partial charge is 0.294 e. The number of ketones is 1. The Kier molecular flexibility index (Phi) is 2.23. The summed E-state index contributed by atoms with van der Waals surface area (Å²) in [5.41, 5.74) is 1.29. The second-order valence-electron chi connectivity index (χ2n) is 3.04. The van der Waals surface area contributed by atoms with Gasteiger partial charge in [0.25, 0.3) is 0 Å². The van der Waals surface area contributed by atoms with Crippen LogP contribution in [0.15, 0.2) is 41.5 Å². The van der Waals surface area contributed by atoms with E-state index in [1.54, 1.807) is 12.1 Å². The van der Waals surface area contributed by atoms with E-state index in [0.29, 0.717) is 11.3 Å². The summed E-state index contributed by atoms with van der Waals surface area (Å²) in [6, 6.07) is 6.10. The molecule has 0 aliphatic carbocycles. The summed E-state index contributed by atoms with van der Waals surface area (Å²) in [6.45, 7) is 0. The minimum Gasteiger partial charge on any atom is -0.294 e. The quantitative estimate of drug-likeness (QED) is 0.665. The zero-order chi connectivity index (χ0) is 9.97. The van der Waals surface area contributed by atoms with Crippen molar-refractivity contribution in [1.82, 2.24) is 0 Å². The molecule has 1 heterocycles. The second-order valence-corrected chi connectivity index (χ2v) is 3.04. The average Bonchev–Trinajstić information content (AvgIpc) is 2.18. The topological polar surface area (TPSA) is 29.4 Å². The summed E-state index contributed by atoms with van der Waals surface area (Å²) in [5.74, 6) is -0.313. The number of rotatable bonds is 1. The Bertz CT molecular complexity index is 435. The van der Waals surface area contributed by atoms with Crippen LogP contribution in [-0.4, -0.2) is 11.5 Å². The Balaban J connectivity index is 2.36. The van der Waals surface area contributed by atoms with Crippen molar-refractivity contribution in [2.75, 3.05) is 0 Å². The van der Waals surface area contributed by atoms with Gasteiger partial charge in [-0.05, 0) is 23.8 Å². The number of halogens is 1. The molecule has 1 aromatic rings. The van der Waals surface area contributed by atoms with Crippen molar-refractivity contribution in [2.24, 2.45) is 4.99 Å². The van der Waals surface area contributed by atoms with Gasteiger partial charge in [-0.3, -0.25) is 9.79 Å². The lowest BCUT2D eigenvalue weighted by molar-refractivity contribution is -0.113. The molecule has 1 aliphatic heterocycles. The second kappa shape index (κ2) is 3.54. The highest BCUT2D eigenvalue weighted by Gasteiger charge is 2.10. The van der Waals surface area contributed by atoms with Crippen LogP contribution in [0.5, 0.6) is 0 Å². The maximum atomic E-state index is 12.9. The van der Waals surface area contributed by atoms with Crippen molar-refractivity contribution >= 4 is 11.5 Å². The molecule has 0 atom stereocenters. The van der Waals surface area contributed by atoms with Gasteiger partial charge in [-0.2, -0.15) is 0 Å². The van der Waals surface area contributed by atoms with Gasteiger partial charge in [0.2, 0.25) is 0 Å². The average molecular weight is 189 g/mol. The molecular weight excluding hydrogens is 181 g/mol. The van der Waals surface area contributed by atoms with Gasteiger partial charge in [-0.1, -0.05) is 12.1 Å². The van der Waals surface area contributed by atoms with Crippen LogP contribution in [0.4, 0.5) is 4.39 Å². The maximum absolute atomic E-state index is 12.9. The summed E-state index contributed by atoms with van der Waals surface area (Å²) in [5, 5.41) is 0. The van der Waals surface area contributed by atoms with Gasteiger partial charge in [-0.25, -0.2) is 4.39 Å². The maximum Gasteiger partial charge on any atom is 0.163 e. The molecule has 3 heteroatoms. The molecular formula is C11H8FNO. The Labute approximate surface area is 80.8 Å². The Morgan fingerprint density at radius 1 is 1.36 bits per heavy atom. The molecule has 0 aromatic heterocycles. The Hall–Kier alpha value is -1.77. The zero-order valence-corrected chi connectivity index (χ0v) is 7.40. The Morgan fingerprint density at radius 2 is 2.21 bits per heavy atom. The normalized spacial score (nSPS) is 15.5. The van der Waals surface area contributed by atoms with Gasteiger partial charge >= 0.3 is 0 Å². The third-order valence-corrected chi connectivity index (χ3v) is 1.99. The molecule has 0 N–H and O–H groups in total. The molecule has 1 aliphatic rings. The molecule has 0 bridgehead atoms. The first-order chi connectivity index (χ1) is 6.75. The van der Waals surface area contributed by atoms with Crippen molar-refractivity contribution in [1.29, 1.82) is 0 Å². The number of carbonyl (C=O) groups excluding carboxylic acids is 1. The lowest BCUT2D eigenvalue weighted by atomic mass is 10.0. The molecule has 2 rings (SSSR count). The van der Waals surface area contributed by atoms with Crippen LogP contribution < -0.4 is 0 Å². The molecule has 70 valence electrons. The minimum absolute atomic E-state index is 0.000684. The van der Waals surface area contributed by atoms with E-state index < -0.39 is 0 Å². The number of hydrogen-bond acceptors (Lipinski definition) is 2. The lowest BCUT2D eigenvalue weighted by Gasteiger charge is -2.06. The molecule has 2 nitrogen and oxygen atoms in total. The number of hydrogen-bond donors (Lipinski definition) is 0. The standard InChI is InChI=1S/C11H8FNO/c12-9-3-1-2-8(6-9)11-7-10(14)4-5-13-11/h1-6H,7H2. The number of benzene rings is 1. The molecule has 14 heavy (non-hydrogen) atoms. The predicted octanol–water partition coefficient (Wildman–Crippen LogP) is 2.10. The molecule has 0 saturated carbocycles. The van der Waals surface area contributed by atoms with E-state index >= 15 is 0 Å². The van der Waals surface area contributed by atoms with E-state index in [0.717, 1.165) is 0 Å². The summed E-state index contributed by atoms with van der Waals surface area (Å²) in [6.07, 6.45) is 3.12. The van der Waals surface area contributed by atoms with Gasteiger partial charge in [0.15, 0.2) is 5.78 Å². The van der Waals surface area contributed by atoms with Gasteiger partial charge in [0, 0.05) is 6.20 Å². The van der Waals surface area contributed by atoms with Crippen LogP contribution in [0.25, 0.3) is 0 Å². The monoisotopic (exact) mass is 189 g/mol. The highest BCUT2D eigenvalue weighted by Crippen LogP contribution is 2.11. The molecule has 0 unspecified atom stereocenters. The van der Waals surface area contributed by atoms with Gasteiger partial charge < -0.3 is 0 Å². The molecule has 0 spiro atoms. The van der Waals surface area contributed by atoms with Crippen LogP contribution in [-0.2, 0) is 4.79 Å². The molecule has 0 radical (unpaired) electrons. The summed E-state index contributed by atoms with van der Waals surface area (Å²) < 4.78 is 12.9. The Morgan fingerprint density at radius 3 is 2.93 bits per heavy atom. The number of allylic oxidation sites excluding steroid dienone is 1. The minimum atomic E-state index is -0.313. The first kappa shape index (κ1) is 8.81. The fourth-order valence-corrected chi connectivity index (χ4v) is 1.32. The van der Waals surface area contributed by atoms with E-state index in [1.165, 1.54) is 24.4 Å². The van der Waals surface area contributed by atoms with Crippen molar-refractivity contribution < 1.29 is 9.18 Å². The van der Waals surface area contributed by atoms with Crippen molar-refractivity contribution in [3.8, 4) is 0 Å². The highest BCUT2D eigenvalue weighted by atomic mass is 19.1.